The Labute approximate surface area is 152 Å². The summed E-state index contributed by atoms with van der Waals surface area (Å²) in [6.07, 6.45) is 9.92. The molecule has 0 atom stereocenters. The van der Waals surface area contributed by atoms with Gasteiger partial charge in [0.25, 0.3) is 0 Å². The first kappa shape index (κ1) is 18.8. The Morgan fingerprint density at radius 1 is 1.09 bits per heavy atom. The van der Waals surface area contributed by atoms with Crippen molar-refractivity contribution in [1.82, 2.24) is 4.90 Å². The Balaban J connectivity index is 2.00. The summed E-state index contributed by atoms with van der Waals surface area (Å²) in [5.41, 5.74) is 0.882. The van der Waals surface area contributed by atoms with Crippen LogP contribution in [0.1, 0.15) is 75.6 Å². The molecule has 1 aliphatic rings. The van der Waals surface area contributed by atoms with Crippen molar-refractivity contribution in [2.24, 2.45) is 0 Å². The van der Waals surface area contributed by atoms with Crippen LogP contribution < -0.4 is 21.2 Å². The van der Waals surface area contributed by atoms with Gasteiger partial charge in [0.15, 0.2) is 0 Å². The van der Waals surface area contributed by atoms with Crippen molar-refractivity contribution < 1.29 is 26.0 Å². The van der Waals surface area contributed by atoms with E-state index in [-0.39, 0.29) is 27.1 Å². The van der Waals surface area contributed by atoms with Gasteiger partial charge in [0.1, 0.15) is 0 Å². The monoisotopic (exact) mass is 428 g/mol. The SMILES string of the molecule is CCCC[I-]c1ccc(C(=O)N(CCC)C2CCCCC2)cc1. The normalized spacial score (nSPS) is 15.7. The molecule has 1 aromatic carbocycles. The molecule has 0 radical (unpaired) electrons. The van der Waals surface area contributed by atoms with Crippen molar-refractivity contribution in [2.45, 2.75) is 71.3 Å². The molecular formula is C20H31INO-. The summed E-state index contributed by atoms with van der Waals surface area (Å²) in [6, 6.07) is 8.99. The molecule has 1 aromatic rings. The molecule has 1 fully saturated rings. The van der Waals surface area contributed by atoms with Crippen LogP contribution in [0.5, 0.6) is 0 Å². The van der Waals surface area contributed by atoms with Crippen LogP contribution in [0, 0.1) is 3.57 Å². The predicted octanol–water partition coefficient (Wildman–Crippen LogP) is 1.93. The van der Waals surface area contributed by atoms with Crippen LogP contribution in [0.4, 0.5) is 0 Å². The summed E-state index contributed by atoms with van der Waals surface area (Å²) in [4.78, 5) is 15.1. The number of carbonyl (C=O) groups excluding carboxylic acids is 1. The average molecular weight is 428 g/mol. The topological polar surface area (TPSA) is 20.3 Å². The van der Waals surface area contributed by atoms with E-state index in [4.69, 9.17) is 0 Å². The quantitative estimate of drug-likeness (QED) is 0.352. The van der Waals surface area contributed by atoms with Crippen molar-refractivity contribution in [3.63, 3.8) is 0 Å². The van der Waals surface area contributed by atoms with E-state index in [1.807, 2.05) is 0 Å². The molecule has 23 heavy (non-hydrogen) atoms. The second kappa shape index (κ2) is 10.3. The summed E-state index contributed by atoms with van der Waals surface area (Å²) >= 11 is 0.127. The molecule has 2 nitrogen and oxygen atoms in total. The maximum absolute atomic E-state index is 12.9. The third-order valence-corrected chi connectivity index (χ3v) is 7.47. The van der Waals surface area contributed by atoms with Crippen molar-refractivity contribution in [2.75, 3.05) is 11.0 Å². The molecule has 0 saturated heterocycles. The molecule has 0 bridgehead atoms. The van der Waals surface area contributed by atoms with Crippen LogP contribution >= 0.6 is 0 Å². The summed E-state index contributed by atoms with van der Waals surface area (Å²) in [5.74, 6) is 0.247. The molecule has 3 heteroatoms. The van der Waals surface area contributed by atoms with Gasteiger partial charge < -0.3 is 0 Å². The second-order valence-electron chi connectivity index (χ2n) is 6.47. The van der Waals surface area contributed by atoms with Crippen LogP contribution in [0.2, 0.25) is 0 Å². The van der Waals surface area contributed by atoms with Crippen molar-refractivity contribution in [3.05, 3.63) is 33.4 Å². The fourth-order valence-electron chi connectivity index (χ4n) is 3.24. The maximum atomic E-state index is 12.9. The van der Waals surface area contributed by atoms with Crippen LogP contribution in [-0.4, -0.2) is 27.8 Å². The van der Waals surface area contributed by atoms with Gasteiger partial charge >= 0.3 is 152 Å². The zero-order valence-electron chi connectivity index (χ0n) is 14.7. The molecule has 0 aromatic heterocycles. The van der Waals surface area contributed by atoms with Crippen molar-refractivity contribution >= 4 is 5.91 Å². The first-order valence-corrected chi connectivity index (χ1v) is 11.9. The molecule has 1 aliphatic carbocycles. The fourth-order valence-corrected chi connectivity index (χ4v) is 5.88. The molecule has 0 unspecified atom stereocenters. The molecule has 0 aliphatic heterocycles. The summed E-state index contributed by atoms with van der Waals surface area (Å²) < 4.78 is 2.82. The Morgan fingerprint density at radius 2 is 1.78 bits per heavy atom. The van der Waals surface area contributed by atoms with E-state index in [2.05, 4.69) is 43.0 Å². The van der Waals surface area contributed by atoms with Crippen LogP contribution in [0.15, 0.2) is 24.3 Å². The standard InChI is InChI=1S/C20H31INO/c1-3-5-15-21-18-13-11-17(12-14-18)20(23)22(16-4-2)19-9-7-6-8-10-19/h11-14,19H,3-10,15-16H2,1-2H3/q-1. The molecule has 1 saturated carbocycles. The summed E-state index contributed by atoms with van der Waals surface area (Å²) in [6.45, 7) is 5.32. The third kappa shape index (κ3) is 5.77. The Kier molecular flexibility index (Phi) is 8.41. The second-order valence-corrected chi connectivity index (χ2v) is 9.56. The molecule has 0 heterocycles. The number of halogens is 1. The van der Waals surface area contributed by atoms with Crippen LogP contribution in [-0.2, 0) is 0 Å². The molecular weight excluding hydrogens is 397 g/mol. The zero-order chi connectivity index (χ0) is 16.5. The van der Waals surface area contributed by atoms with Gasteiger partial charge in [-0.15, -0.1) is 0 Å². The Bertz CT molecular complexity index is 465. The van der Waals surface area contributed by atoms with E-state index in [1.165, 1.54) is 52.9 Å². The van der Waals surface area contributed by atoms with Gasteiger partial charge in [-0.05, 0) is 0 Å². The molecule has 0 N–H and O–H groups in total. The van der Waals surface area contributed by atoms with E-state index in [9.17, 15) is 4.79 Å². The Hall–Kier alpha value is -0.580. The average Bonchev–Trinajstić information content (AvgIpc) is 2.61. The first-order chi connectivity index (χ1) is 11.3. The number of amides is 1. The fraction of sp³-hybridized carbons (Fsp3) is 0.650. The predicted molar refractivity (Wildman–Crippen MR) is 93.1 cm³/mol. The first-order valence-electron chi connectivity index (χ1n) is 9.26. The minimum atomic E-state index is 0.127. The van der Waals surface area contributed by atoms with Crippen LogP contribution in [0.3, 0.4) is 0 Å². The van der Waals surface area contributed by atoms with E-state index < -0.39 is 0 Å². The van der Waals surface area contributed by atoms with Gasteiger partial charge in [-0.1, -0.05) is 0 Å². The number of unbranched alkanes of at least 4 members (excludes halogenated alkanes) is 1. The van der Waals surface area contributed by atoms with E-state index >= 15 is 0 Å². The zero-order valence-corrected chi connectivity index (χ0v) is 16.8. The van der Waals surface area contributed by atoms with Crippen molar-refractivity contribution in [1.29, 1.82) is 0 Å². The van der Waals surface area contributed by atoms with Crippen LogP contribution in [0.25, 0.3) is 0 Å². The van der Waals surface area contributed by atoms with Gasteiger partial charge in [-0.3, -0.25) is 0 Å². The van der Waals surface area contributed by atoms with E-state index in [0.29, 0.717) is 6.04 Å². The number of alkyl halides is 1. The molecule has 130 valence electrons. The molecule has 1 amide bonds. The number of rotatable bonds is 8. The third-order valence-electron chi connectivity index (χ3n) is 4.57. The van der Waals surface area contributed by atoms with Crippen molar-refractivity contribution in [3.8, 4) is 0 Å². The van der Waals surface area contributed by atoms with E-state index in [1.54, 1.807) is 0 Å². The summed E-state index contributed by atoms with van der Waals surface area (Å²) in [7, 11) is 0. The number of nitrogens with zero attached hydrogens (tertiary/aromatic N) is 1. The van der Waals surface area contributed by atoms with Gasteiger partial charge in [0.05, 0.1) is 0 Å². The number of carbonyl (C=O) groups is 1. The minimum absolute atomic E-state index is 0.127. The van der Waals surface area contributed by atoms with Gasteiger partial charge in [0, 0.05) is 0 Å². The van der Waals surface area contributed by atoms with E-state index in [0.717, 1.165) is 18.5 Å². The number of hydrogen-bond donors (Lipinski definition) is 0. The number of benzene rings is 1. The summed E-state index contributed by atoms with van der Waals surface area (Å²) in [5, 5.41) is 0. The number of hydrogen-bond acceptors (Lipinski definition) is 1. The van der Waals surface area contributed by atoms with Gasteiger partial charge in [-0.25, -0.2) is 0 Å². The van der Waals surface area contributed by atoms with Gasteiger partial charge in [-0.2, -0.15) is 0 Å². The Morgan fingerprint density at radius 3 is 2.39 bits per heavy atom. The molecule has 2 rings (SSSR count). The molecule has 0 spiro atoms. The van der Waals surface area contributed by atoms with Gasteiger partial charge in [0.2, 0.25) is 0 Å².